The van der Waals surface area contributed by atoms with Gasteiger partial charge in [0.05, 0.1) is 25.4 Å². The summed E-state index contributed by atoms with van der Waals surface area (Å²) < 4.78 is 5.34. The molecular formula is C22H26ClN3O3. The Hall–Kier alpha value is -2.57. The second-order valence-electron chi connectivity index (χ2n) is 7.33. The van der Waals surface area contributed by atoms with Gasteiger partial charge in [-0.3, -0.25) is 14.5 Å². The Morgan fingerprint density at radius 3 is 2.66 bits per heavy atom. The molecule has 29 heavy (non-hydrogen) atoms. The van der Waals surface area contributed by atoms with E-state index in [1.165, 1.54) is 0 Å². The monoisotopic (exact) mass is 415 g/mol. The summed E-state index contributed by atoms with van der Waals surface area (Å²) in [4.78, 5) is 27.3. The van der Waals surface area contributed by atoms with E-state index < -0.39 is 0 Å². The molecule has 1 aliphatic rings. The zero-order chi connectivity index (χ0) is 21.0. The molecule has 0 saturated carbocycles. The van der Waals surface area contributed by atoms with Gasteiger partial charge in [-0.25, -0.2) is 0 Å². The van der Waals surface area contributed by atoms with Crippen LogP contribution in [0.2, 0.25) is 5.02 Å². The molecule has 2 N–H and O–H groups in total. The number of halogens is 1. The highest BCUT2D eigenvalue weighted by Crippen LogP contribution is 2.27. The number of ether oxygens (including phenoxy) is 1. The van der Waals surface area contributed by atoms with Gasteiger partial charge >= 0.3 is 0 Å². The predicted octanol–water partition coefficient (Wildman–Crippen LogP) is 4.01. The van der Waals surface area contributed by atoms with Crippen LogP contribution in [0.15, 0.2) is 36.4 Å². The molecule has 3 rings (SSSR count). The van der Waals surface area contributed by atoms with Crippen LogP contribution >= 0.6 is 11.6 Å². The van der Waals surface area contributed by atoms with E-state index in [-0.39, 0.29) is 24.4 Å². The molecular weight excluding hydrogens is 390 g/mol. The predicted molar refractivity (Wildman–Crippen MR) is 116 cm³/mol. The van der Waals surface area contributed by atoms with E-state index >= 15 is 0 Å². The molecule has 0 radical (unpaired) electrons. The quantitative estimate of drug-likeness (QED) is 0.747. The van der Waals surface area contributed by atoms with Crippen molar-refractivity contribution in [3.8, 4) is 5.75 Å². The molecule has 1 fully saturated rings. The molecule has 0 bridgehead atoms. The molecule has 1 saturated heterocycles. The van der Waals surface area contributed by atoms with Gasteiger partial charge in [0.1, 0.15) is 5.75 Å². The van der Waals surface area contributed by atoms with Gasteiger partial charge in [0.2, 0.25) is 11.8 Å². The van der Waals surface area contributed by atoms with E-state index in [1.807, 2.05) is 36.9 Å². The molecule has 6 nitrogen and oxygen atoms in total. The van der Waals surface area contributed by atoms with Crippen LogP contribution in [0.4, 0.5) is 11.4 Å². The lowest BCUT2D eigenvalue weighted by molar-refractivity contribution is -0.122. The maximum atomic E-state index is 12.9. The van der Waals surface area contributed by atoms with E-state index in [4.69, 9.17) is 16.3 Å². The van der Waals surface area contributed by atoms with Gasteiger partial charge in [0.15, 0.2) is 0 Å². The van der Waals surface area contributed by atoms with E-state index in [0.29, 0.717) is 29.4 Å². The first-order valence-corrected chi connectivity index (χ1v) is 10.0. The molecule has 1 unspecified atom stereocenters. The van der Waals surface area contributed by atoms with Gasteiger partial charge < -0.3 is 15.4 Å². The summed E-state index contributed by atoms with van der Waals surface area (Å²) in [5, 5.41) is 6.50. The minimum absolute atomic E-state index is 0.123. The number of aryl methyl sites for hydroxylation is 2. The molecule has 0 aromatic heterocycles. The molecule has 7 heteroatoms. The van der Waals surface area contributed by atoms with E-state index in [2.05, 4.69) is 10.6 Å². The zero-order valence-corrected chi connectivity index (χ0v) is 17.7. The van der Waals surface area contributed by atoms with Crippen molar-refractivity contribution in [2.45, 2.75) is 32.7 Å². The molecule has 154 valence electrons. The second kappa shape index (κ2) is 9.29. The number of rotatable bonds is 6. The summed E-state index contributed by atoms with van der Waals surface area (Å²) >= 11 is 5.97. The topological polar surface area (TPSA) is 70.7 Å². The van der Waals surface area contributed by atoms with Crippen LogP contribution < -0.4 is 15.4 Å². The van der Waals surface area contributed by atoms with Crippen LogP contribution in [0.3, 0.4) is 0 Å². The number of hydrogen-bond acceptors (Lipinski definition) is 4. The Bertz CT molecular complexity index is 916. The average molecular weight is 416 g/mol. The maximum Gasteiger partial charge on any atom is 0.241 e. The lowest BCUT2D eigenvalue weighted by atomic mass is 10.1. The van der Waals surface area contributed by atoms with Gasteiger partial charge in [-0.1, -0.05) is 17.7 Å². The van der Waals surface area contributed by atoms with Gasteiger partial charge in [-0.05, 0) is 74.7 Å². The van der Waals surface area contributed by atoms with Crippen LogP contribution in [0, 0.1) is 13.8 Å². The van der Waals surface area contributed by atoms with Gasteiger partial charge in [-0.15, -0.1) is 0 Å². The summed E-state index contributed by atoms with van der Waals surface area (Å²) in [6.45, 7) is 4.71. The van der Waals surface area contributed by atoms with Gasteiger partial charge in [0, 0.05) is 10.7 Å². The van der Waals surface area contributed by atoms with Crippen LogP contribution in [-0.4, -0.2) is 43.0 Å². The molecule has 2 aromatic rings. The average Bonchev–Trinajstić information content (AvgIpc) is 3.12. The Kier molecular flexibility index (Phi) is 6.77. The summed E-state index contributed by atoms with van der Waals surface area (Å²) in [6.07, 6.45) is 1.59. The number of nitrogens with one attached hydrogen (secondary N) is 2. The van der Waals surface area contributed by atoms with Crippen molar-refractivity contribution in [2.24, 2.45) is 0 Å². The van der Waals surface area contributed by atoms with Crippen molar-refractivity contribution in [1.82, 2.24) is 4.90 Å². The number of benzene rings is 2. The third-order valence-electron chi connectivity index (χ3n) is 5.09. The van der Waals surface area contributed by atoms with Crippen molar-refractivity contribution in [2.75, 3.05) is 30.8 Å². The standard InChI is InChI=1S/C22H26ClN3O3/c1-14-6-9-20(29-3)18(11-14)25-22(28)19-5-4-10-26(19)13-21(27)24-17-8-7-16(23)12-15(17)2/h6-9,11-12,19H,4-5,10,13H2,1-3H3,(H,24,27)(H,25,28). The van der Waals surface area contributed by atoms with Crippen LogP contribution in [0.25, 0.3) is 0 Å². The van der Waals surface area contributed by atoms with Gasteiger partial charge in [-0.2, -0.15) is 0 Å². The fourth-order valence-electron chi connectivity index (χ4n) is 3.59. The Labute approximate surface area is 176 Å². The molecule has 1 aliphatic heterocycles. The molecule has 0 aliphatic carbocycles. The number of hydrogen-bond donors (Lipinski definition) is 2. The fourth-order valence-corrected chi connectivity index (χ4v) is 3.82. The minimum Gasteiger partial charge on any atom is -0.495 e. The summed E-state index contributed by atoms with van der Waals surface area (Å²) in [7, 11) is 1.57. The first kappa shape index (κ1) is 21.1. The smallest absolute Gasteiger partial charge is 0.241 e. The number of anilines is 2. The van der Waals surface area contributed by atoms with Crippen LogP contribution in [0.5, 0.6) is 5.75 Å². The van der Waals surface area contributed by atoms with Crippen molar-refractivity contribution in [1.29, 1.82) is 0 Å². The summed E-state index contributed by atoms with van der Waals surface area (Å²) in [5.41, 5.74) is 3.30. The molecule has 1 atom stereocenters. The van der Waals surface area contributed by atoms with Crippen molar-refractivity contribution < 1.29 is 14.3 Å². The highest BCUT2D eigenvalue weighted by atomic mass is 35.5. The largest absolute Gasteiger partial charge is 0.495 e. The number of amides is 2. The highest BCUT2D eigenvalue weighted by molar-refractivity contribution is 6.30. The van der Waals surface area contributed by atoms with Crippen molar-refractivity contribution >= 4 is 34.8 Å². The fraction of sp³-hybridized carbons (Fsp3) is 0.364. The molecule has 1 heterocycles. The zero-order valence-electron chi connectivity index (χ0n) is 16.9. The Balaban J connectivity index is 1.64. The van der Waals surface area contributed by atoms with Gasteiger partial charge in [0.25, 0.3) is 0 Å². The first-order valence-electron chi connectivity index (χ1n) is 9.63. The second-order valence-corrected chi connectivity index (χ2v) is 7.77. The van der Waals surface area contributed by atoms with Crippen LogP contribution in [-0.2, 0) is 9.59 Å². The third kappa shape index (κ3) is 5.28. The van der Waals surface area contributed by atoms with Crippen molar-refractivity contribution in [3.63, 3.8) is 0 Å². The lowest BCUT2D eigenvalue weighted by Gasteiger charge is -2.23. The number of likely N-dealkylation sites (tertiary alicyclic amines) is 1. The number of carbonyl (C=O) groups excluding carboxylic acids is 2. The van der Waals surface area contributed by atoms with Crippen LogP contribution in [0.1, 0.15) is 24.0 Å². The van der Waals surface area contributed by atoms with Crippen molar-refractivity contribution in [3.05, 3.63) is 52.5 Å². The third-order valence-corrected chi connectivity index (χ3v) is 5.32. The van der Waals surface area contributed by atoms with E-state index in [1.54, 1.807) is 25.3 Å². The Morgan fingerprint density at radius 2 is 1.93 bits per heavy atom. The lowest BCUT2D eigenvalue weighted by Crippen LogP contribution is -2.43. The molecule has 2 aromatic carbocycles. The SMILES string of the molecule is COc1ccc(C)cc1NC(=O)C1CCCN1CC(=O)Nc1ccc(Cl)cc1C. The molecule has 2 amide bonds. The number of methoxy groups -OCH3 is 1. The first-order chi connectivity index (χ1) is 13.9. The minimum atomic E-state index is -0.350. The highest BCUT2D eigenvalue weighted by Gasteiger charge is 2.32. The summed E-state index contributed by atoms with van der Waals surface area (Å²) in [6, 6.07) is 10.6. The number of carbonyl (C=O) groups is 2. The maximum absolute atomic E-state index is 12.9. The normalized spacial score (nSPS) is 16.5. The summed E-state index contributed by atoms with van der Waals surface area (Å²) in [5.74, 6) is 0.342. The van der Waals surface area contributed by atoms with E-state index in [9.17, 15) is 9.59 Å². The number of nitrogens with zero attached hydrogens (tertiary/aromatic N) is 1. The van der Waals surface area contributed by atoms with E-state index in [0.717, 1.165) is 23.2 Å². The Morgan fingerprint density at radius 1 is 1.14 bits per heavy atom. The molecule has 0 spiro atoms.